The van der Waals surface area contributed by atoms with Crippen LogP contribution in [0, 0.1) is 5.82 Å². The minimum atomic E-state index is -2.64. The molecule has 2 aliphatic rings. The van der Waals surface area contributed by atoms with Crippen LogP contribution in [0.1, 0.15) is 58.3 Å². The molecule has 12 heteroatoms. The SMILES string of the molecule is CNC(=O)c1c(-c2ccc(F)cc2)oc2cc(N(Cc3ccc(C4CCB(O)O4)c(Cl)c3)S(=O)[O-])c(C3CC3)cc12. The average Bonchev–Trinajstić information content (AvgIpc) is 3.61. The molecule has 1 amide bonds. The second kappa shape index (κ2) is 11.2. The number of furan rings is 1. The van der Waals surface area contributed by atoms with E-state index in [1.165, 1.54) is 35.6 Å². The summed E-state index contributed by atoms with van der Waals surface area (Å²) in [4.78, 5) is 13.0. The third kappa shape index (κ3) is 5.52. The quantitative estimate of drug-likeness (QED) is 0.194. The summed E-state index contributed by atoms with van der Waals surface area (Å²) in [5, 5.41) is 13.4. The molecule has 0 spiro atoms. The van der Waals surface area contributed by atoms with Crippen LogP contribution >= 0.6 is 11.6 Å². The van der Waals surface area contributed by atoms with E-state index >= 15 is 0 Å². The number of rotatable bonds is 8. The van der Waals surface area contributed by atoms with Crippen LogP contribution in [0.2, 0.25) is 11.3 Å². The van der Waals surface area contributed by atoms with E-state index in [9.17, 15) is 23.0 Å². The molecule has 1 aliphatic heterocycles. The highest BCUT2D eigenvalue weighted by molar-refractivity contribution is 7.80. The van der Waals surface area contributed by atoms with Crippen LogP contribution in [-0.4, -0.2) is 33.9 Å². The number of hydrogen-bond acceptors (Lipinski definition) is 6. The number of nitrogens with one attached hydrogen (secondary N) is 1. The lowest BCUT2D eigenvalue weighted by atomic mass is 9.87. The molecule has 41 heavy (non-hydrogen) atoms. The Hall–Kier alpha value is -3.22. The maximum absolute atomic E-state index is 13.6. The van der Waals surface area contributed by atoms with Crippen molar-refractivity contribution in [1.29, 1.82) is 0 Å². The minimum Gasteiger partial charge on any atom is -0.755 e. The predicted molar refractivity (Wildman–Crippen MR) is 155 cm³/mol. The van der Waals surface area contributed by atoms with Gasteiger partial charge < -0.3 is 24.0 Å². The van der Waals surface area contributed by atoms with Gasteiger partial charge in [-0.1, -0.05) is 23.7 Å². The van der Waals surface area contributed by atoms with Crippen LogP contribution in [0.25, 0.3) is 22.3 Å². The molecule has 1 aliphatic carbocycles. The first-order valence-corrected chi connectivity index (χ1v) is 14.7. The maximum Gasteiger partial charge on any atom is 0.454 e. The molecule has 2 N–H and O–H groups in total. The lowest BCUT2D eigenvalue weighted by molar-refractivity contribution is 0.0964. The van der Waals surface area contributed by atoms with Crippen molar-refractivity contribution in [2.75, 3.05) is 11.4 Å². The number of halogens is 2. The molecule has 1 aromatic heterocycles. The van der Waals surface area contributed by atoms with Crippen LogP contribution in [0.3, 0.4) is 0 Å². The molecule has 8 nitrogen and oxygen atoms in total. The fourth-order valence-electron chi connectivity index (χ4n) is 5.40. The summed E-state index contributed by atoms with van der Waals surface area (Å²) in [7, 11) is 0.699. The first-order chi connectivity index (χ1) is 19.7. The Balaban J connectivity index is 1.42. The third-order valence-corrected chi connectivity index (χ3v) is 8.61. The van der Waals surface area contributed by atoms with Crippen LogP contribution < -0.4 is 9.62 Å². The molecule has 2 fully saturated rings. The number of fused-ring (bicyclic) bond motifs is 1. The van der Waals surface area contributed by atoms with Gasteiger partial charge in [-0.3, -0.25) is 13.3 Å². The van der Waals surface area contributed by atoms with Gasteiger partial charge in [0.25, 0.3) is 5.91 Å². The van der Waals surface area contributed by atoms with Crippen molar-refractivity contribution in [2.45, 2.75) is 44.1 Å². The Bertz CT molecular complexity index is 1660. The summed E-state index contributed by atoms with van der Waals surface area (Å²) in [6, 6.07) is 14.4. The molecule has 3 aromatic carbocycles. The predicted octanol–water partition coefficient (Wildman–Crippen LogP) is 5.87. The van der Waals surface area contributed by atoms with Gasteiger partial charge in [0, 0.05) is 40.4 Å². The second-order valence-corrected chi connectivity index (χ2v) is 11.6. The average molecular weight is 596 g/mol. The fraction of sp³-hybridized carbons (Fsp3) is 0.276. The molecule has 2 unspecified atom stereocenters. The number of benzene rings is 3. The molecule has 0 bridgehead atoms. The summed E-state index contributed by atoms with van der Waals surface area (Å²) < 4.78 is 51.8. The Labute approximate surface area is 244 Å². The number of anilines is 1. The summed E-state index contributed by atoms with van der Waals surface area (Å²) in [5.41, 5.74) is 3.83. The van der Waals surface area contributed by atoms with E-state index in [2.05, 4.69) is 5.32 Å². The molecule has 2 atom stereocenters. The minimum absolute atomic E-state index is 0.0172. The van der Waals surface area contributed by atoms with E-state index in [0.717, 1.165) is 24.0 Å². The molecule has 212 valence electrons. The first-order valence-electron chi connectivity index (χ1n) is 13.3. The van der Waals surface area contributed by atoms with E-state index < -0.39 is 24.2 Å². The van der Waals surface area contributed by atoms with Crippen molar-refractivity contribution in [3.05, 3.63) is 87.7 Å². The van der Waals surface area contributed by atoms with Crippen LogP contribution in [0.15, 0.2) is 59.0 Å². The summed E-state index contributed by atoms with van der Waals surface area (Å²) in [6.45, 7) is 0.0172. The van der Waals surface area contributed by atoms with Crippen molar-refractivity contribution in [1.82, 2.24) is 5.32 Å². The van der Waals surface area contributed by atoms with Gasteiger partial charge in [-0.25, -0.2) is 4.39 Å². The lowest BCUT2D eigenvalue weighted by Gasteiger charge is -2.29. The van der Waals surface area contributed by atoms with Crippen LogP contribution in [-0.2, 0) is 22.5 Å². The zero-order valence-corrected chi connectivity index (χ0v) is 23.6. The van der Waals surface area contributed by atoms with E-state index in [1.807, 2.05) is 6.07 Å². The third-order valence-electron chi connectivity index (χ3n) is 7.60. The van der Waals surface area contributed by atoms with Crippen molar-refractivity contribution >= 4 is 52.5 Å². The number of hydrogen-bond donors (Lipinski definition) is 2. The molecular weight excluding hydrogens is 570 g/mol. The number of nitrogens with zero attached hydrogens (tertiary/aromatic N) is 1. The van der Waals surface area contributed by atoms with Crippen molar-refractivity contribution in [3.8, 4) is 11.3 Å². The van der Waals surface area contributed by atoms with Gasteiger partial charge in [-0.15, -0.1) is 0 Å². The summed E-state index contributed by atoms with van der Waals surface area (Å²) >= 11 is 3.91. The van der Waals surface area contributed by atoms with Gasteiger partial charge >= 0.3 is 7.12 Å². The largest absolute Gasteiger partial charge is 0.755 e. The van der Waals surface area contributed by atoms with Gasteiger partial charge in [0.15, 0.2) is 0 Å². The van der Waals surface area contributed by atoms with Crippen LogP contribution in [0.5, 0.6) is 0 Å². The molecule has 0 radical (unpaired) electrons. The monoisotopic (exact) mass is 595 g/mol. The Morgan fingerprint density at radius 2 is 1.93 bits per heavy atom. The van der Waals surface area contributed by atoms with Gasteiger partial charge in [-0.2, -0.15) is 0 Å². The number of carbonyl (C=O) groups excluding carboxylic acids is 1. The lowest BCUT2D eigenvalue weighted by Crippen LogP contribution is -2.26. The summed E-state index contributed by atoms with van der Waals surface area (Å²) in [5.74, 6) is -0.372. The molecular formula is C29H26BClFN2O6S-. The second-order valence-electron chi connectivity index (χ2n) is 10.3. The van der Waals surface area contributed by atoms with E-state index in [4.69, 9.17) is 20.7 Å². The summed E-state index contributed by atoms with van der Waals surface area (Å²) in [6.07, 6.45) is 2.63. The van der Waals surface area contributed by atoms with Gasteiger partial charge in [0.2, 0.25) is 0 Å². The standard InChI is InChI=1S/C29H27BClFN2O6S/c1-33-29(35)27-22-13-21(17-3-4-17)24(14-26(22)39-28(27)18-5-7-19(32)8-6-18)34(41(37)38)15-16-2-9-20(23(31)12-16)25-10-11-30(36)40-25/h2,5-9,12-14,17,25,36H,3-4,10-11,15H2,1H3,(H,33,35)(H,37,38)/p-1. The topological polar surface area (TPSA) is 115 Å². The Morgan fingerprint density at radius 3 is 2.54 bits per heavy atom. The maximum atomic E-state index is 13.6. The molecule has 4 aromatic rings. The molecule has 6 rings (SSSR count). The van der Waals surface area contributed by atoms with Crippen LogP contribution in [0.4, 0.5) is 10.1 Å². The van der Waals surface area contributed by atoms with Crippen molar-refractivity contribution in [2.24, 2.45) is 0 Å². The Kier molecular flexibility index (Phi) is 7.65. The van der Waals surface area contributed by atoms with E-state index in [-0.39, 0.29) is 30.2 Å². The zero-order valence-electron chi connectivity index (χ0n) is 22.1. The van der Waals surface area contributed by atoms with Gasteiger partial charge in [-0.05, 0) is 84.6 Å². The van der Waals surface area contributed by atoms with Gasteiger partial charge in [0.05, 0.1) is 23.9 Å². The highest BCUT2D eigenvalue weighted by Crippen LogP contribution is 2.48. The normalized spacial score (nSPS) is 17.7. The van der Waals surface area contributed by atoms with Crippen molar-refractivity contribution in [3.63, 3.8) is 0 Å². The van der Waals surface area contributed by atoms with Crippen molar-refractivity contribution < 1.29 is 32.0 Å². The highest BCUT2D eigenvalue weighted by Gasteiger charge is 2.33. The van der Waals surface area contributed by atoms with E-state index in [1.54, 1.807) is 24.3 Å². The molecule has 1 saturated heterocycles. The fourth-order valence-corrected chi connectivity index (χ4v) is 6.30. The number of amides is 1. The zero-order chi connectivity index (χ0) is 28.8. The molecule has 1 saturated carbocycles. The Morgan fingerprint density at radius 1 is 1.17 bits per heavy atom. The number of carbonyl (C=O) groups is 1. The molecule has 2 heterocycles. The first kappa shape index (κ1) is 27.9. The highest BCUT2D eigenvalue weighted by atomic mass is 35.5. The van der Waals surface area contributed by atoms with E-state index in [0.29, 0.717) is 51.1 Å². The smallest absolute Gasteiger partial charge is 0.454 e. The van der Waals surface area contributed by atoms with Gasteiger partial charge in [0.1, 0.15) is 17.2 Å².